The van der Waals surface area contributed by atoms with Crippen LogP contribution in [0.2, 0.25) is 0 Å². The quantitative estimate of drug-likeness (QED) is 0.191. The lowest BCUT2D eigenvalue weighted by molar-refractivity contribution is 1.70. The van der Waals surface area contributed by atoms with Crippen LogP contribution in [0.3, 0.4) is 0 Å². The second-order valence-corrected chi connectivity index (χ2v) is 12.6. The van der Waals surface area contributed by atoms with Crippen molar-refractivity contribution in [3.63, 3.8) is 0 Å². The lowest BCUT2D eigenvalue weighted by Crippen LogP contribution is -1.90. The molecule has 0 aliphatic carbocycles. The second-order valence-electron chi connectivity index (χ2n) is 10.5. The first-order chi connectivity index (χ1) is 19.8. The van der Waals surface area contributed by atoms with Crippen molar-refractivity contribution in [1.29, 1.82) is 0 Å². The fourth-order valence-corrected chi connectivity index (χ4v) is 8.80. The first-order valence-corrected chi connectivity index (χ1v) is 15.2. The molecule has 7 aromatic carbocycles. The Bertz CT molecular complexity index is 2370. The summed E-state index contributed by atoms with van der Waals surface area (Å²) in [6.07, 6.45) is 0. The van der Waals surface area contributed by atoms with Crippen LogP contribution in [-0.4, -0.2) is 0 Å². The van der Waals surface area contributed by atoms with E-state index in [1.807, 2.05) is 22.7 Å². The number of hydrogen-bond donors (Lipinski definition) is 0. The minimum atomic E-state index is 1.27. The highest BCUT2D eigenvalue weighted by Crippen LogP contribution is 2.48. The highest BCUT2D eigenvalue weighted by atomic mass is 32.1. The zero-order valence-corrected chi connectivity index (χ0v) is 23.2. The van der Waals surface area contributed by atoms with E-state index < -0.39 is 0 Å². The SMILES string of the molecule is c1ccc2c(-c3c4ccccc4c(-c4cc5cc6sc7ccccc7c6cc5s4)c4ccccc34)cccc2c1. The monoisotopic (exact) mass is 542 g/mol. The molecular formula is C38H22S2. The topological polar surface area (TPSA) is 0 Å². The summed E-state index contributed by atoms with van der Waals surface area (Å²) in [4.78, 5) is 1.33. The molecule has 0 radical (unpaired) electrons. The molecule has 0 aliphatic rings. The van der Waals surface area contributed by atoms with Gasteiger partial charge in [0.25, 0.3) is 0 Å². The number of hydrogen-bond acceptors (Lipinski definition) is 2. The molecular weight excluding hydrogens is 521 g/mol. The normalized spacial score (nSPS) is 12.0. The summed E-state index contributed by atoms with van der Waals surface area (Å²) < 4.78 is 4.06. The molecule has 0 aliphatic heterocycles. The Hall–Kier alpha value is -4.50. The molecule has 0 fully saturated rings. The fourth-order valence-electron chi connectivity index (χ4n) is 6.51. The van der Waals surface area contributed by atoms with E-state index in [0.29, 0.717) is 0 Å². The predicted molar refractivity (Wildman–Crippen MR) is 178 cm³/mol. The highest BCUT2D eigenvalue weighted by molar-refractivity contribution is 7.26. The maximum atomic E-state index is 2.41. The van der Waals surface area contributed by atoms with Crippen LogP contribution in [0.5, 0.6) is 0 Å². The Kier molecular flexibility index (Phi) is 4.74. The molecule has 0 amide bonds. The highest BCUT2D eigenvalue weighted by Gasteiger charge is 2.19. The van der Waals surface area contributed by atoms with E-state index in [9.17, 15) is 0 Å². The second kappa shape index (κ2) is 8.50. The standard InChI is InChI=1S/C38H22S2/c1-2-12-25-23(10-1)11-9-18-27(25)37-28-14-3-5-16-30(28)38(31-17-6-4-15-29(31)37)36-21-24-20-35-32(22-34(24)40-36)26-13-7-8-19-33(26)39-35/h1-22H. The Labute approximate surface area is 239 Å². The van der Waals surface area contributed by atoms with Crippen molar-refractivity contribution in [1.82, 2.24) is 0 Å². The molecule has 2 heteroatoms. The maximum absolute atomic E-state index is 2.41. The van der Waals surface area contributed by atoms with Crippen molar-refractivity contribution in [3.05, 3.63) is 133 Å². The van der Waals surface area contributed by atoms with Crippen molar-refractivity contribution in [2.45, 2.75) is 0 Å². The summed E-state index contributed by atoms with van der Waals surface area (Å²) in [6, 6.07) is 49.4. The van der Waals surface area contributed by atoms with Gasteiger partial charge < -0.3 is 0 Å². The van der Waals surface area contributed by atoms with Crippen LogP contribution in [0.25, 0.3) is 84.1 Å². The number of fused-ring (bicyclic) bond motifs is 7. The number of thiophene rings is 2. The molecule has 0 bridgehead atoms. The van der Waals surface area contributed by atoms with Crippen molar-refractivity contribution in [2.24, 2.45) is 0 Å². The number of rotatable bonds is 2. The van der Waals surface area contributed by atoms with Crippen molar-refractivity contribution in [2.75, 3.05) is 0 Å². The van der Waals surface area contributed by atoms with E-state index >= 15 is 0 Å². The zero-order chi connectivity index (χ0) is 26.2. The van der Waals surface area contributed by atoms with E-state index in [0.717, 1.165) is 0 Å². The average Bonchev–Trinajstić information content (AvgIpc) is 3.58. The van der Waals surface area contributed by atoms with Gasteiger partial charge in [0, 0.05) is 35.3 Å². The minimum Gasteiger partial charge on any atom is -0.135 e. The van der Waals surface area contributed by atoms with Gasteiger partial charge in [-0.05, 0) is 73.1 Å². The van der Waals surface area contributed by atoms with E-state index in [2.05, 4.69) is 133 Å². The zero-order valence-electron chi connectivity index (χ0n) is 21.5. The van der Waals surface area contributed by atoms with Gasteiger partial charge in [0.15, 0.2) is 0 Å². The van der Waals surface area contributed by atoms with Gasteiger partial charge in [0.1, 0.15) is 0 Å². The van der Waals surface area contributed by atoms with Gasteiger partial charge in [-0.3, -0.25) is 0 Å². The summed E-state index contributed by atoms with van der Waals surface area (Å²) in [6.45, 7) is 0. The summed E-state index contributed by atoms with van der Waals surface area (Å²) in [7, 11) is 0. The smallest absolute Gasteiger partial charge is 0.0367 e. The third kappa shape index (κ3) is 3.18. The molecule has 9 aromatic rings. The van der Waals surface area contributed by atoms with E-state index in [1.54, 1.807) is 0 Å². The first-order valence-electron chi connectivity index (χ1n) is 13.6. The molecule has 0 spiro atoms. The molecule has 0 saturated heterocycles. The Morgan fingerprint density at radius 2 is 0.925 bits per heavy atom. The van der Waals surface area contributed by atoms with Crippen LogP contribution < -0.4 is 0 Å². The Morgan fingerprint density at radius 3 is 1.68 bits per heavy atom. The molecule has 2 heterocycles. The molecule has 40 heavy (non-hydrogen) atoms. The third-order valence-corrected chi connectivity index (χ3v) is 10.5. The predicted octanol–water partition coefficient (Wildman–Crippen LogP) is 12.1. The van der Waals surface area contributed by atoms with Crippen LogP contribution >= 0.6 is 22.7 Å². The van der Waals surface area contributed by atoms with E-state index in [4.69, 9.17) is 0 Å². The van der Waals surface area contributed by atoms with Gasteiger partial charge in [-0.2, -0.15) is 0 Å². The fraction of sp³-hybridized carbons (Fsp3) is 0. The van der Waals surface area contributed by atoms with Crippen molar-refractivity contribution >= 4 is 85.2 Å². The van der Waals surface area contributed by atoms with Crippen LogP contribution in [-0.2, 0) is 0 Å². The summed E-state index contributed by atoms with van der Waals surface area (Å²) in [5.74, 6) is 0. The largest absolute Gasteiger partial charge is 0.135 e. The summed E-state index contributed by atoms with van der Waals surface area (Å²) in [5, 5.41) is 11.8. The molecule has 9 rings (SSSR count). The summed E-state index contributed by atoms with van der Waals surface area (Å²) in [5.41, 5.74) is 3.95. The van der Waals surface area contributed by atoms with Crippen molar-refractivity contribution < 1.29 is 0 Å². The molecule has 186 valence electrons. The molecule has 0 nitrogen and oxygen atoms in total. The molecule has 2 aromatic heterocycles. The first kappa shape index (κ1) is 22.3. The Morgan fingerprint density at radius 1 is 0.325 bits per heavy atom. The van der Waals surface area contributed by atoms with E-state index in [-0.39, 0.29) is 0 Å². The van der Waals surface area contributed by atoms with Gasteiger partial charge in [-0.15, -0.1) is 22.7 Å². The minimum absolute atomic E-state index is 1.27. The molecule has 0 atom stereocenters. The summed E-state index contributed by atoms with van der Waals surface area (Å²) >= 11 is 3.81. The lowest BCUT2D eigenvalue weighted by Gasteiger charge is -2.18. The van der Waals surface area contributed by atoms with Gasteiger partial charge in [-0.1, -0.05) is 109 Å². The van der Waals surface area contributed by atoms with Crippen LogP contribution in [0, 0.1) is 0 Å². The lowest BCUT2D eigenvalue weighted by atomic mass is 9.86. The van der Waals surface area contributed by atoms with Crippen LogP contribution in [0.4, 0.5) is 0 Å². The van der Waals surface area contributed by atoms with Crippen LogP contribution in [0.1, 0.15) is 0 Å². The molecule has 0 unspecified atom stereocenters. The van der Waals surface area contributed by atoms with Gasteiger partial charge in [-0.25, -0.2) is 0 Å². The number of benzene rings is 7. The molecule has 0 N–H and O–H groups in total. The van der Waals surface area contributed by atoms with Gasteiger partial charge in [0.2, 0.25) is 0 Å². The molecule has 0 saturated carbocycles. The maximum Gasteiger partial charge on any atom is 0.0367 e. The van der Waals surface area contributed by atoms with Gasteiger partial charge in [0.05, 0.1) is 0 Å². The van der Waals surface area contributed by atoms with Gasteiger partial charge >= 0.3 is 0 Å². The van der Waals surface area contributed by atoms with E-state index in [1.165, 1.54) is 84.1 Å². The third-order valence-electron chi connectivity index (χ3n) is 8.25. The van der Waals surface area contributed by atoms with Crippen LogP contribution in [0.15, 0.2) is 133 Å². The Balaban J connectivity index is 1.38. The van der Waals surface area contributed by atoms with Crippen molar-refractivity contribution in [3.8, 4) is 21.6 Å². The average molecular weight is 543 g/mol.